The van der Waals surface area contributed by atoms with Crippen LogP contribution in [-0.4, -0.2) is 29.0 Å². The molecule has 0 saturated carbocycles. The molecule has 106 valence electrons. The molecule has 2 aromatic rings. The quantitative estimate of drug-likeness (QED) is 0.861. The van der Waals surface area contributed by atoms with Crippen molar-refractivity contribution in [2.45, 2.75) is 6.42 Å². The average Bonchev–Trinajstić information content (AvgIpc) is 2.93. The van der Waals surface area contributed by atoms with Crippen molar-refractivity contribution in [3.8, 4) is 5.75 Å². The average molecular weight is 314 g/mol. The second-order valence-corrected chi connectivity index (χ2v) is 4.81. The second kappa shape index (κ2) is 7.17. The first-order valence-electron chi connectivity index (χ1n) is 5.98. The van der Waals surface area contributed by atoms with Crippen LogP contribution in [0.1, 0.15) is 5.82 Å². The monoisotopic (exact) mass is 313 g/mol. The van der Waals surface area contributed by atoms with Gasteiger partial charge in [-0.05, 0) is 12.1 Å². The number of nitrogens with zero attached hydrogens (tertiary/aromatic N) is 1. The van der Waals surface area contributed by atoms with Crippen LogP contribution in [0.4, 0.5) is 0 Å². The van der Waals surface area contributed by atoms with Crippen LogP contribution in [0.15, 0.2) is 30.6 Å². The number of nitrogens with one attached hydrogen (secondary N) is 2. The molecule has 0 aliphatic heterocycles. The first-order chi connectivity index (χ1) is 9.65. The highest BCUT2D eigenvalue weighted by atomic mass is 35.5. The third kappa shape index (κ3) is 4.43. The number of aromatic nitrogens is 2. The maximum Gasteiger partial charge on any atom is 0.257 e. The Hall–Kier alpha value is -1.72. The molecule has 0 unspecified atom stereocenters. The number of halogens is 2. The molecule has 1 amide bonds. The van der Waals surface area contributed by atoms with Gasteiger partial charge in [-0.25, -0.2) is 4.98 Å². The molecule has 0 fully saturated rings. The minimum absolute atomic E-state index is 0.0733. The Morgan fingerprint density at radius 3 is 2.90 bits per heavy atom. The van der Waals surface area contributed by atoms with Gasteiger partial charge in [0, 0.05) is 31.4 Å². The normalized spacial score (nSPS) is 10.3. The van der Waals surface area contributed by atoms with Gasteiger partial charge in [-0.15, -0.1) is 0 Å². The fraction of sp³-hybridized carbons (Fsp3) is 0.231. The zero-order valence-corrected chi connectivity index (χ0v) is 12.0. The van der Waals surface area contributed by atoms with Crippen LogP contribution in [0.2, 0.25) is 10.0 Å². The SMILES string of the molecule is O=C(COc1ccc(Cl)c(Cl)c1)NCCc1ncc[nH]1. The Labute approximate surface area is 126 Å². The van der Waals surface area contributed by atoms with Gasteiger partial charge in [0.05, 0.1) is 10.0 Å². The molecule has 0 spiro atoms. The number of amides is 1. The largest absolute Gasteiger partial charge is 0.484 e. The van der Waals surface area contributed by atoms with Crippen molar-refractivity contribution >= 4 is 29.1 Å². The summed E-state index contributed by atoms with van der Waals surface area (Å²) < 4.78 is 5.31. The summed E-state index contributed by atoms with van der Waals surface area (Å²) in [6.07, 6.45) is 4.06. The van der Waals surface area contributed by atoms with Gasteiger partial charge in [-0.1, -0.05) is 23.2 Å². The number of ether oxygens (including phenoxy) is 1. The summed E-state index contributed by atoms with van der Waals surface area (Å²) >= 11 is 11.6. The Balaban J connectivity index is 1.70. The predicted molar refractivity (Wildman–Crippen MR) is 77.3 cm³/mol. The minimum Gasteiger partial charge on any atom is -0.484 e. The molecule has 20 heavy (non-hydrogen) atoms. The van der Waals surface area contributed by atoms with E-state index in [0.29, 0.717) is 28.8 Å². The lowest BCUT2D eigenvalue weighted by atomic mass is 10.3. The Bertz CT molecular complexity index is 573. The summed E-state index contributed by atoms with van der Waals surface area (Å²) in [4.78, 5) is 18.6. The molecule has 5 nitrogen and oxygen atoms in total. The summed E-state index contributed by atoms with van der Waals surface area (Å²) in [6, 6.07) is 4.85. The Morgan fingerprint density at radius 1 is 1.35 bits per heavy atom. The van der Waals surface area contributed by atoms with E-state index in [1.54, 1.807) is 30.6 Å². The molecule has 0 radical (unpaired) electrons. The van der Waals surface area contributed by atoms with E-state index in [1.807, 2.05) is 0 Å². The first-order valence-corrected chi connectivity index (χ1v) is 6.73. The molecule has 1 aromatic carbocycles. The van der Waals surface area contributed by atoms with Crippen LogP contribution in [0, 0.1) is 0 Å². The van der Waals surface area contributed by atoms with E-state index < -0.39 is 0 Å². The number of hydrogen-bond acceptors (Lipinski definition) is 3. The van der Waals surface area contributed by atoms with Crippen LogP contribution in [0.25, 0.3) is 0 Å². The minimum atomic E-state index is -0.206. The van der Waals surface area contributed by atoms with Gasteiger partial charge in [0.15, 0.2) is 6.61 Å². The molecule has 1 aromatic heterocycles. The van der Waals surface area contributed by atoms with Gasteiger partial charge in [0.2, 0.25) is 0 Å². The van der Waals surface area contributed by atoms with Crippen molar-refractivity contribution in [3.63, 3.8) is 0 Å². The number of aromatic amines is 1. The number of carbonyl (C=O) groups is 1. The molecular formula is C13H13Cl2N3O2. The summed E-state index contributed by atoms with van der Waals surface area (Å²) in [5.41, 5.74) is 0. The number of imidazole rings is 1. The Morgan fingerprint density at radius 2 is 2.20 bits per heavy atom. The van der Waals surface area contributed by atoms with Crippen LogP contribution in [0.3, 0.4) is 0 Å². The van der Waals surface area contributed by atoms with Crippen molar-refractivity contribution in [1.82, 2.24) is 15.3 Å². The van der Waals surface area contributed by atoms with Crippen LogP contribution in [-0.2, 0) is 11.2 Å². The summed E-state index contributed by atoms with van der Waals surface area (Å²) in [5, 5.41) is 3.57. The molecule has 0 bridgehead atoms. The molecule has 0 saturated heterocycles. The number of H-pyrrole nitrogens is 1. The van der Waals surface area contributed by atoms with E-state index in [9.17, 15) is 4.79 Å². The highest BCUT2D eigenvalue weighted by Crippen LogP contribution is 2.26. The first kappa shape index (κ1) is 14.7. The molecule has 7 heteroatoms. The molecule has 2 N–H and O–H groups in total. The number of hydrogen-bond donors (Lipinski definition) is 2. The van der Waals surface area contributed by atoms with Crippen molar-refractivity contribution < 1.29 is 9.53 Å². The predicted octanol–water partition coefficient (Wildman–Crippen LogP) is 2.45. The van der Waals surface area contributed by atoms with E-state index in [0.717, 1.165) is 5.82 Å². The van der Waals surface area contributed by atoms with Gasteiger partial charge < -0.3 is 15.0 Å². The number of benzene rings is 1. The van der Waals surface area contributed by atoms with Gasteiger partial charge >= 0.3 is 0 Å². The van der Waals surface area contributed by atoms with E-state index in [2.05, 4.69) is 15.3 Å². The highest BCUT2D eigenvalue weighted by molar-refractivity contribution is 6.42. The van der Waals surface area contributed by atoms with E-state index in [-0.39, 0.29) is 12.5 Å². The molecular weight excluding hydrogens is 301 g/mol. The summed E-state index contributed by atoms with van der Waals surface area (Å²) in [5.74, 6) is 1.12. The maximum absolute atomic E-state index is 11.6. The third-order valence-electron chi connectivity index (χ3n) is 2.50. The van der Waals surface area contributed by atoms with E-state index in [1.165, 1.54) is 0 Å². The zero-order chi connectivity index (χ0) is 14.4. The molecule has 0 atom stereocenters. The lowest BCUT2D eigenvalue weighted by Crippen LogP contribution is -2.30. The van der Waals surface area contributed by atoms with E-state index >= 15 is 0 Å². The van der Waals surface area contributed by atoms with Gasteiger partial charge in [0.25, 0.3) is 5.91 Å². The molecule has 1 heterocycles. The molecule has 0 aliphatic rings. The maximum atomic E-state index is 11.6. The smallest absolute Gasteiger partial charge is 0.257 e. The van der Waals surface area contributed by atoms with Gasteiger partial charge in [-0.2, -0.15) is 0 Å². The Kier molecular flexibility index (Phi) is 5.26. The fourth-order valence-electron chi connectivity index (χ4n) is 1.52. The van der Waals surface area contributed by atoms with Gasteiger partial charge in [-0.3, -0.25) is 4.79 Å². The molecule has 2 rings (SSSR count). The standard InChI is InChI=1S/C13H13Cl2N3O2/c14-10-2-1-9(7-11(10)15)20-8-13(19)18-4-3-12-16-5-6-17-12/h1-2,5-7H,3-4,8H2,(H,16,17)(H,18,19). The van der Waals surface area contributed by atoms with Crippen LogP contribution < -0.4 is 10.1 Å². The topological polar surface area (TPSA) is 67.0 Å². The van der Waals surface area contributed by atoms with E-state index in [4.69, 9.17) is 27.9 Å². The zero-order valence-electron chi connectivity index (χ0n) is 10.5. The van der Waals surface area contributed by atoms with Crippen LogP contribution in [0.5, 0.6) is 5.75 Å². The third-order valence-corrected chi connectivity index (χ3v) is 3.24. The van der Waals surface area contributed by atoms with Crippen molar-refractivity contribution in [1.29, 1.82) is 0 Å². The van der Waals surface area contributed by atoms with Crippen molar-refractivity contribution in [3.05, 3.63) is 46.5 Å². The van der Waals surface area contributed by atoms with Crippen molar-refractivity contribution in [2.75, 3.05) is 13.2 Å². The number of carbonyl (C=O) groups excluding carboxylic acids is 1. The van der Waals surface area contributed by atoms with Crippen LogP contribution >= 0.6 is 23.2 Å². The lowest BCUT2D eigenvalue weighted by Gasteiger charge is -2.07. The number of rotatable bonds is 6. The lowest BCUT2D eigenvalue weighted by molar-refractivity contribution is -0.123. The van der Waals surface area contributed by atoms with Crippen molar-refractivity contribution in [2.24, 2.45) is 0 Å². The fourth-order valence-corrected chi connectivity index (χ4v) is 1.81. The second-order valence-electron chi connectivity index (χ2n) is 4.00. The summed E-state index contributed by atoms with van der Waals surface area (Å²) in [6.45, 7) is 0.424. The summed E-state index contributed by atoms with van der Waals surface area (Å²) in [7, 11) is 0. The van der Waals surface area contributed by atoms with Gasteiger partial charge in [0.1, 0.15) is 11.6 Å². The molecule has 0 aliphatic carbocycles. The highest BCUT2D eigenvalue weighted by Gasteiger charge is 2.05.